The zero-order valence-corrected chi connectivity index (χ0v) is 13.0. The number of methoxy groups -OCH3 is 2. The van der Waals surface area contributed by atoms with Crippen LogP contribution in [0, 0.1) is 0 Å². The minimum absolute atomic E-state index is 0.684. The van der Waals surface area contributed by atoms with Gasteiger partial charge in [0.05, 0.1) is 31.8 Å². The van der Waals surface area contributed by atoms with Crippen molar-refractivity contribution in [2.75, 3.05) is 40.4 Å². The standard InChI is InChI=1S/C15H21N5O2/c1-21-14-4-3-12(9-15(14)22-2)20-13(10-17-18-20)11-19-7-5-16-6-8-19/h3-4,9-10,16H,5-8,11H2,1-2H3. The summed E-state index contributed by atoms with van der Waals surface area (Å²) >= 11 is 0. The third kappa shape index (κ3) is 3.05. The zero-order valence-electron chi connectivity index (χ0n) is 13.0. The first-order chi connectivity index (χ1) is 10.8. The van der Waals surface area contributed by atoms with E-state index in [-0.39, 0.29) is 0 Å². The van der Waals surface area contributed by atoms with Gasteiger partial charge in [-0.2, -0.15) is 0 Å². The predicted molar refractivity (Wildman–Crippen MR) is 82.6 cm³/mol. The van der Waals surface area contributed by atoms with Crippen LogP contribution in [0.2, 0.25) is 0 Å². The zero-order chi connectivity index (χ0) is 15.4. The van der Waals surface area contributed by atoms with Crippen LogP contribution < -0.4 is 14.8 Å². The maximum atomic E-state index is 5.36. The molecule has 2 aromatic rings. The second kappa shape index (κ2) is 6.76. The molecule has 0 bridgehead atoms. The molecule has 0 saturated carbocycles. The molecule has 7 heteroatoms. The Morgan fingerprint density at radius 2 is 1.91 bits per heavy atom. The van der Waals surface area contributed by atoms with Crippen molar-refractivity contribution in [3.8, 4) is 17.2 Å². The van der Waals surface area contributed by atoms with E-state index in [0.717, 1.165) is 44.1 Å². The minimum atomic E-state index is 0.684. The lowest BCUT2D eigenvalue weighted by Crippen LogP contribution is -2.43. The van der Waals surface area contributed by atoms with Crippen molar-refractivity contribution < 1.29 is 9.47 Å². The number of hydrogen-bond acceptors (Lipinski definition) is 6. The topological polar surface area (TPSA) is 64.4 Å². The van der Waals surface area contributed by atoms with E-state index in [1.54, 1.807) is 14.2 Å². The summed E-state index contributed by atoms with van der Waals surface area (Å²) in [5, 5.41) is 11.6. The molecule has 0 atom stereocenters. The summed E-state index contributed by atoms with van der Waals surface area (Å²) < 4.78 is 12.5. The normalized spacial score (nSPS) is 15.7. The second-order valence-electron chi connectivity index (χ2n) is 5.20. The number of aromatic nitrogens is 3. The highest BCUT2D eigenvalue weighted by Crippen LogP contribution is 2.29. The lowest BCUT2D eigenvalue weighted by Gasteiger charge is -2.27. The first kappa shape index (κ1) is 14.8. The van der Waals surface area contributed by atoms with Crippen LogP contribution in [-0.2, 0) is 6.54 Å². The van der Waals surface area contributed by atoms with Crippen molar-refractivity contribution in [2.45, 2.75) is 6.54 Å². The van der Waals surface area contributed by atoms with Crippen LogP contribution in [0.5, 0.6) is 11.5 Å². The van der Waals surface area contributed by atoms with Crippen LogP contribution in [0.3, 0.4) is 0 Å². The maximum absolute atomic E-state index is 5.36. The smallest absolute Gasteiger partial charge is 0.162 e. The van der Waals surface area contributed by atoms with Crippen molar-refractivity contribution in [3.05, 3.63) is 30.1 Å². The molecule has 0 radical (unpaired) electrons. The summed E-state index contributed by atoms with van der Waals surface area (Å²) in [5.41, 5.74) is 1.98. The van der Waals surface area contributed by atoms with Gasteiger partial charge in [-0.25, -0.2) is 4.68 Å². The van der Waals surface area contributed by atoms with Crippen LogP contribution in [0.1, 0.15) is 5.69 Å². The third-order valence-corrected chi connectivity index (χ3v) is 3.83. The Kier molecular flexibility index (Phi) is 4.55. The van der Waals surface area contributed by atoms with E-state index in [2.05, 4.69) is 20.5 Å². The highest BCUT2D eigenvalue weighted by atomic mass is 16.5. The Bertz CT molecular complexity index is 622. The van der Waals surface area contributed by atoms with Gasteiger partial charge in [-0.05, 0) is 12.1 Å². The third-order valence-electron chi connectivity index (χ3n) is 3.83. The number of nitrogens with one attached hydrogen (secondary N) is 1. The van der Waals surface area contributed by atoms with Crippen molar-refractivity contribution >= 4 is 0 Å². The molecule has 2 heterocycles. The number of nitrogens with zero attached hydrogens (tertiary/aromatic N) is 4. The lowest BCUT2D eigenvalue weighted by atomic mass is 10.2. The fourth-order valence-corrected chi connectivity index (χ4v) is 2.64. The molecule has 0 spiro atoms. The van der Waals surface area contributed by atoms with Crippen LogP contribution in [-0.4, -0.2) is 60.3 Å². The maximum Gasteiger partial charge on any atom is 0.162 e. The molecule has 22 heavy (non-hydrogen) atoms. The van der Waals surface area contributed by atoms with Crippen molar-refractivity contribution in [3.63, 3.8) is 0 Å². The van der Waals surface area contributed by atoms with Crippen LogP contribution in [0.15, 0.2) is 24.4 Å². The Morgan fingerprint density at radius 3 is 2.64 bits per heavy atom. The van der Waals surface area contributed by atoms with E-state index in [1.165, 1.54) is 0 Å². The highest BCUT2D eigenvalue weighted by molar-refractivity contribution is 5.48. The summed E-state index contributed by atoms with van der Waals surface area (Å²) in [6.45, 7) is 4.97. The molecule has 1 saturated heterocycles. The Balaban J connectivity index is 1.84. The van der Waals surface area contributed by atoms with Crippen LogP contribution >= 0.6 is 0 Å². The molecular weight excluding hydrogens is 282 g/mol. The average Bonchev–Trinajstić information content (AvgIpc) is 3.03. The summed E-state index contributed by atoms with van der Waals surface area (Å²) in [6.07, 6.45) is 1.82. The molecule has 1 aromatic carbocycles. The molecule has 7 nitrogen and oxygen atoms in total. The molecule has 0 unspecified atom stereocenters. The van der Waals surface area contributed by atoms with Gasteiger partial charge in [-0.3, -0.25) is 4.90 Å². The predicted octanol–water partition coefficient (Wildman–Crippen LogP) is 0.690. The van der Waals surface area contributed by atoms with Gasteiger partial charge >= 0.3 is 0 Å². The van der Waals surface area contributed by atoms with Crippen molar-refractivity contribution in [1.82, 2.24) is 25.2 Å². The first-order valence-corrected chi connectivity index (χ1v) is 7.37. The minimum Gasteiger partial charge on any atom is -0.493 e. The van der Waals surface area contributed by atoms with Crippen LogP contribution in [0.25, 0.3) is 5.69 Å². The molecule has 1 fully saturated rings. The fourth-order valence-electron chi connectivity index (χ4n) is 2.64. The van der Waals surface area contributed by atoms with Crippen molar-refractivity contribution in [1.29, 1.82) is 0 Å². The molecule has 1 aliphatic rings. The lowest BCUT2D eigenvalue weighted by molar-refractivity contribution is 0.229. The van der Waals surface area contributed by atoms with Gasteiger partial charge in [0, 0.05) is 38.8 Å². The second-order valence-corrected chi connectivity index (χ2v) is 5.20. The van der Waals surface area contributed by atoms with E-state index in [0.29, 0.717) is 11.5 Å². The Labute approximate surface area is 129 Å². The molecular formula is C15H21N5O2. The summed E-state index contributed by atoms with van der Waals surface area (Å²) in [6, 6.07) is 5.75. The number of benzene rings is 1. The van der Waals surface area contributed by atoms with Gasteiger partial charge in [-0.15, -0.1) is 5.10 Å². The molecule has 3 rings (SSSR count). The highest BCUT2D eigenvalue weighted by Gasteiger charge is 2.15. The first-order valence-electron chi connectivity index (χ1n) is 7.37. The quantitative estimate of drug-likeness (QED) is 0.877. The molecule has 1 N–H and O–H groups in total. The summed E-state index contributed by atoms with van der Waals surface area (Å²) in [5.74, 6) is 1.39. The molecule has 118 valence electrons. The van der Waals surface area contributed by atoms with E-state index in [9.17, 15) is 0 Å². The fraction of sp³-hybridized carbons (Fsp3) is 0.467. The monoisotopic (exact) mass is 303 g/mol. The van der Waals surface area contributed by atoms with E-state index < -0.39 is 0 Å². The van der Waals surface area contributed by atoms with Gasteiger partial charge in [0.25, 0.3) is 0 Å². The molecule has 1 aromatic heterocycles. The number of hydrogen-bond donors (Lipinski definition) is 1. The summed E-state index contributed by atoms with van der Waals surface area (Å²) in [4.78, 5) is 2.40. The number of piperazine rings is 1. The van der Waals surface area contributed by atoms with Gasteiger partial charge < -0.3 is 14.8 Å². The Hall–Kier alpha value is -2.12. The van der Waals surface area contributed by atoms with Gasteiger partial charge in [0.2, 0.25) is 0 Å². The van der Waals surface area contributed by atoms with E-state index in [4.69, 9.17) is 9.47 Å². The summed E-state index contributed by atoms with van der Waals surface area (Å²) in [7, 11) is 3.26. The molecule has 0 amide bonds. The Morgan fingerprint density at radius 1 is 1.14 bits per heavy atom. The molecule has 0 aliphatic carbocycles. The number of ether oxygens (including phenoxy) is 2. The largest absolute Gasteiger partial charge is 0.493 e. The van der Waals surface area contributed by atoms with Gasteiger partial charge in [0.1, 0.15) is 0 Å². The van der Waals surface area contributed by atoms with E-state index >= 15 is 0 Å². The van der Waals surface area contributed by atoms with Crippen molar-refractivity contribution in [2.24, 2.45) is 0 Å². The van der Waals surface area contributed by atoms with E-state index in [1.807, 2.05) is 29.1 Å². The SMILES string of the molecule is COc1ccc(-n2nncc2CN2CCNCC2)cc1OC. The number of rotatable bonds is 5. The van der Waals surface area contributed by atoms with Gasteiger partial charge in [0.15, 0.2) is 11.5 Å². The van der Waals surface area contributed by atoms with Crippen LogP contribution in [0.4, 0.5) is 0 Å². The average molecular weight is 303 g/mol. The van der Waals surface area contributed by atoms with Gasteiger partial charge in [-0.1, -0.05) is 5.21 Å². The molecule has 1 aliphatic heterocycles.